The lowest BCUT2D eigenvalue weighted by Crippen LogP contribution is -2.08. The Balaban J connectivity index is 3.01. The average molecular weight is 244 g/mol. The average Bonchev–Trinajstić information content (AvgIpc) is 2.10. The number of para-hydroxylation sites is 1. The van der Waals surface area contributed by atoms with Crippen LogP contribution in [-0.2, 0) is 4.74 Å². The lowest BCUT2D eigenvalue weighted by Gasteiger charge is -2.05. The lowest BCUT2D eigenvalue weighted by atomic mass is 10.2. The van der Waals surface area contributed by atoms with Crippen molar-refractivity contribution in [3.8, 4) is 0 Å². The van der Waals surface area contributed by atoms with Crippen molar-refractivity contribution in [2.45, 2.75) is 6.92 Å². The van der Waals surface area contributed by atoms with Gasteiger partial charge in [0.2, 0.25) is 0 Å². The largest absolute Gasteiger partial charge is 0.462 e. The molecule has 0 spiro atoms. The Morgan fingerprint density at radius 2 is 2.31 bits per heavy atom. The fraction of sp³-hybridized carbons (Fsp3) is 0.222. The molecule has 0 unspecified atom stereocenters. The monoisotopic (exact) mass is 243 g/mol. The van der Waals surface area contributed by atoms with Crippen molar-refractivity contribution in [2.24, 2.45) is 0 Å². The Kier molecular flexibility index (Phi) is 3.31. The first kappa shape index (κ1) is 10.1. The molecule has 1 rings (SSSR count). The van der Waals surface area contributed by atoms with Crippen LogP contribution < -0.4 is 5.73 Å². The molecule has 0 aliphatic rings. The molecule has 0 fully saturated rings. The fourth-order valence-corrected chi connectivity index (χ4v) is 1.29. The van der Waals surface area contributed by atoms with E-state index in [9.17, 15) is 4.79 Å². The first-order valence-corrected chi connectivity index (χ1v) is 4.67. The second kappa shape index (κ2) is 4.28. The summed E-state index contributed by atoms with van der Waals surface area (Å²) in [4.78, 5) is 11.3. The van der Waals surface area contributed by atoms with Crippen LogP contribution in [0.25, 0.3) is 0 Å². The van der Waals surface area contributed by atoms with Gasteiger partial charge < -0.3 is 10.5 Å². The zero-order valence-corrected chi connectivity index (χ0v) is 8.80. The van der Waals surface area contributed by atoms with Crippen LogP contribution in [0.2, 0.25) is 0 Å². The molecule has 4 heteroatoms. The predicted octanol–water partition coefficient (Wildman–Crippen LogP) is 2.21. The van der Waals surface area contributed by atoms with Crippen LogP contribution in [0.4, 0.5) is 5.69 Å². The minimum absolute atomic E-state index is 0.352. The molecule has 0 radical (unpaired) electrons. The molecule has 0 heterocycles. The maximum absolute atomic E-state index is 11.3. The number of nitrogens with two attached hydrogens (primary N) is 1. The summed E-state index contributed by atoms with van der Waals surface area (Å²) in [5.74, 6) is -0.388. The summed E-state index contributed by atoms with van der Waals surface area (Å²) in [7, 11) is 0. The number of anilines is 1. The molecule has 0 saturated carbocycles. The van der Waals surface area contributed by atoms with Gasteiger partial charge in [0, 0.05) is 4.47 Å². The van der Waals surface area contributed by atoms with E-state index in [1.165, 1.54) is 0 Å². The number of ether oxygens (including phenoxy) is 1. The van der Waals surface area contributed by atoms with E-state index < -0.39 is 0 Å². The van der Waals surface area contributed by atoms with Gasteiger partial charge in [-0.05, 0) is 35.0 Å². The van der Waals surface area contributed by atoms with Gasteiger partial charge in [-0.1, -0.05) is 6.07 Å². The first-order chi connectivity index (χ1) is 6.16. The van der Waals surface area contributed by atoms with Crippen molar-refractivity contribution in [1.82, 2.24) is 0 Å². The van der Waals surface area contributed by atoms with Crippen LogP contribution in [-0.4, -0.2) is 12.6 Å². The normalized spacial score (nSPS) is 9.69. The fourth-order valence-electron chi connectivity index (χ4n) is 0.924. The van der Waals surface area contributed by atoms with E-state index in [0.717, 1.165) is 0 Å². The molecular formula is C9H10BrNO2. The molecule has 1 aromatic rings. The molecule has 0 saturated heterocycles. The number of hydrogen-bond acceptors (Lipinski definition) is 3. The maximum atomic E-state index is 11.3. The van der Waals surface area contributed by atoms with Gasteiger partial charge in [-0.15, -0.1) is 0 Å². The molecule has 0 amide bonds. The summed E-state index contributed by atoms with van der Waals surface area (Å²) in [5, 5.41) is 0. The van der Waals surface area contributed by atoms with Gasteiger partial charge in [-0.3, -0.25) is 0 Å². The summed E-state index contributed by atoms with van der Waals surface area (Å²) in [5.41, 5.74) is 6.48. The van der Waals surface area contributed by atoms with Crippen LogP contribution in [0.3, 0.4) is 0 Å². The van der Waals surface area contributed by atoms with Crippen molar-refractivity contribution in [3.05, 3.63) is 28.2 Å². The molecule has 0 aliphatic heterocycles. The Hall–Kier alpha value is -1.03. The Morgan fingerprint density at radius 3 is 2.92 bits per heavy atom. The lowest BCUT2D eigenvalue weighted by molar-refractivity contribution is 0.0527. The summed E-state index contributed by atoms with van der Waals surface area (Å²) in [6.45, 7) is 2.11. The van der Waals surface area contributed by atoms with Crippen LogP contribution >= 0.6 is 15.9 Å². The van der Waals surface area contributed by atoms with E-state index in [-0.39, 0.29) is 5.97 Å². The topological polar surface area (TPSA) is 52.3 Å². The minimum Gasteiger partial charge on any atom is -0.462 e. The van der Waals surface area contributed by atoms with Crippen molar-refractivity contribution in [2.75, 3.05) is 12.3 Å². The Morgan fingerprint density at radius 1 is 1.62 bits per heavy atom. The number of rotatable bonds is 2. The van der Waals surface area contributed by atoms with Crippen molar-refractivity contribution in [3.63, 3.8) is 0 Å². The SMILES string of the molecule is CCOC(=O)c1cccc(Br)c1N. The third-order valence-corrected chi connectivity index (χ3v) is 2.24. The molecule has 1 aromatic carbocycles. The standard InChI is InChI=1S/C9H10BrNO2/c1-2-13-9(12)6-4-3-5-7(10)8(6)11/h3-5H,2,11H2,1H3. The zero-order chi connectivity index (χ0) is 9.84. The molecule has 0 aliphatic carbocycles. The second-order valence-corrected chi connectivity index (χ2v) is 3.28. The van der Waals surface area contributed by atoms with E-state index in [1.807, 2.05) is 0 Å². The van der Waals surface area contributed by atoms with Crippen molar-refractivity contribution >= 4 is 27.6 Å². The second-order valence-electron chi connectivity index (χ2n) is 2.42. The molecule has 0 aromatic heterocycles. The smallest absolute Gasteiger partial charge is 0.340 e. The highest BCUT2D eigenvalue weighted by molar-refractivity contribution is 9.10. The predicted molar refractivity (Wildman–Crippen MR) is 54.5 cm³/mol. The van der Waals surface area contributed by atoms with Gasteiger partial charge in [-0.25, -0.2) is 4.79 Å². The van der Waals surface area contributed by atoms with E-state index in [2.05, 4.69) is 15.9 Å². The molecular weight excluding hydrogens is 234 g/mol. The van der Waals surface area contributed by atoms with Gasteiger partial charge in [-0.2, -0.15) is 0 Å². The van der Waals surface area contributed by atoms with Crippen LogP contribution in [0.1, 0.15) is 17.3 Å². The number of carbonyl (C=O) groups is 1. The van der Waals surface area contributed by atoms with Gasteiger partial charge in [0.25, 0.3) is 0 Å². The molecule has 13 heavy (non-hydrogen) atoms. The van der Waals surface area contributed by atoms with E-state index in [0.29, 0.717) is 22.3 Å². The van der Waals surface area contributed by atoms with Crippen molar-refractivity contribution < 1.29 is 9.53 Å². The number of esters is 1. The van der Waals surface area contributed by atoms with Crippen LogP contribution in [0.5, 0.6) is 0 Å². The number of benzene rings is 1. The minimum atomic E-state index is -0.388. The summed E-state index contributed by atoms with van der Waals surface area (Å²) >= 11 is 3.23. The summed E-state index contributed by atoms with van der Waals surface area (Å²) < 4.78 is 5.53. The number of nitrogen functional groups attached to an aromatic ring is 1. The molecule has 3 nitrogen and oxygen atoms in total. The quantitative estimate of drug-likeness (QED) is 0.640. The number of hydrogen-bond donors (Lipinski definition) is 1. The van der Waals surface area contributed by atoms with E-state index in [1.54, 1.807) is 25.1 Å². The van der Waals surface area contributed by atoms with E-state index in [4.69, 9.17) is 10.5 Å². The first-order valence-electron chi connectivity index (χ1n) is 3.88. The molecule has 0 atom stereocenters. The van der Waals surface area contributed by atoms with E-state index >= 15 is 0 Å². The Labute approximate surface area is 85.0 Å². The molecule has 0 bridgehead atoms. The summed E-state index contributed by atoms with van der Waals surface area (Å²) in [6.07, 6.45) is 0. The summed E-state index contributed by atoms with van der Waals surface area (Å²) in [6, 6.07) is 5.16. The highest BCUT2D eigenvalue weighted by Crippen LogP contribution is 2.23. The molecule has 2 N–H and O–H groups in total. The zero-order valence-electron chi connectivity index (χ0n) is 7.21. The number of halogens is 1. The molecule has 70 valence electrons. The third-order valence-electron chi connectivity index (χ3n) is 1.55. The van der Waals surface area contributed by atoms with Gasteiger partial charge in [0.15, 0.2) is 0 Å². The van der Waals surface area contributed by atoms with Gasteiger partial charge >= 0.3 is 5.97 Å². The maximum Gasteiger partial charge on any atom is 0.340 e. The highest BCUT2D eigenvalue weighted by atomic mass is 79.9. The Bertz CT molecular complexity index is 325. The third kappa shape index (κ3) is 2.21. The van der Waals surface area contributed by atoms with Crippen LogP contribution in [0, 0.1) is 0 Å². The van der Waals surface area contributed by atoms with Gasteiger partial charge in [0.05, 0.1) is 17.9 Å². The van der Waals surface area contributed by atoms with Crippen LogP contribution in [0.15, 0.2) is 22.7 Å². The van der Waals surface area contributed by atoms with Gasteiger partial charge in [0.1, 0.15) is 0 Å². The highest BCUT2D eigenvalue weighted by Gasteiger charge is 2.11. The van der Waals surface area contributed by atoms with Crippen molar-refractivity contribution in [1.29, 1.82) is 0 Å². The number of carbonyl (C=O) groups excluding carboxylic acids is 1.